The van der Waals surface area contributed by atoms with Crippen LogP contribution in [-0.4, -0.2) is 35.7 Å². The topological polar surface area (TPSA) is 86.6 Å². The average molecular weight is 189 g/mol. The number of carboxylic acid groups (broad SMARTS) is 1. The first-order valence-corrected chi connectivity index (χ1v) is 4.13. The van der Waals surface area contributed by atoms with Gasteiger partial charge in [-0.05, 0) is 19.3 Å². The van der Waals surface area contributed by atoms with Crippen LogP contribution in [0.25, 0.3) is 0 Å². The Morgan fingerprint density at radius 1 is 1.54 bits per heavy atom. The Kier molecular flexibility index (Phi) is 5.88. The molecular formula is C8H15NO4. The smallest absolute Gasteiger partial charge is 0.306 e. The highest BCUT2D eigenvalue weighted by atomic mass is 16.4. The van der Waals surface area contributed by atoms with Gasteiger partial charge in [-0.15, -0.1) is 0 Å². The number of hydrogen-bond acceptors (Lipinski definition) is 3. The van der Waals surface area contributed by atoms with Crippen LogP contribution in [0, 0.1) is 5.92 Å². The fourth-order valence-corrected chi connectivity index (χ4v) is 1.18. The van der Waals surface area contributed by atoms with Gasteiger partial charge in [0.1, 0.15) is 0 Å². The van der Waals surface area contributed by atoms with E-state index in [9.17, 15) is 4.79 Å². The number of carbonyl (C=O) groups is 2. The molecule has 0 spiro atoms. The Bertz CT molecular complexity index is 172. The third kappa shape index (κ3) is 5.19. The molecule has 1 aliphatic carbocycles. The summed E-state index contributed by atoms with van der Waals surface area (Å²) < 4.78 is 0. The van der Waals surface area contributed by atoms with E-state index >= 15 is 0 Å². The molecule has 0 heterocycles. The lowest BCUT2D eigenvalue weighted by atomic mass is 10.1. The zero-order valence-electron chi connectivity index (χ0n) is 7.56. The van der Waals surface area contributed by atoms with E-state index in [0.29, 0.717) is 25.7 Å². The highest BCUT2D eigenvalue weighted by Crippen LogP contribution is 2.24. The highest BCUT2D eigenvalue weighted by Gasteiger charge is 2.27. The van der Waals surface area contributed by atoms with Crippen LogP contribution in [0.15, 0.2) is 0 Å². The van der Waals surface area contributed by atoms with E-state index in [1.165, 1.54) is 0 Å². The van der Waals surface area contributed by atoms with Gasteiger partial charge in [-0.2, -0.15) is 0 Å². The maximum absolute atomic E-state index is 10.2. The molecule has 5 heteroatoms. The molecule has 0 radical (unpaired) electrons. The SMILES string of the molecule is CNC=O.O=C(O)[C@H]1CC[C@@H](O)C1. The number of hydrogen-bond donors (Lipinski definition) is 3. The van der Waals surface area contributed by atoms with Crippen molar-refractivity contribution in [2.24, 2.45) is 5.92 Å². The van der Waals surface area contributed by atoms with Crippen molar-refractivity contribution in [3.05, 3.63) is 0 Å². The van der Waals surface area contributed by atoms with Gasteiger partial charge in [-0.3, -0.25) is 9.59 Å². The quantitative estimate of drug-likeness (QED) is 0.515. The monoisotopic (exact) mass is 189 g/mol. The van der Waals surface area contributed by atoms with Gasteiger partial charge in [0.25, 0.3) is 0 Å². The van der Waals surface area contributed by atoms with Crippen LogP contribution in [0.1, 0.15) is 19.3 Å². The molecule has 3 N–H and O–H groups in total. The molecule has 76 valence electrons. The van der Waals surface area contributed by atoms with E-state index in [-0.39, 0.29) is 12.0 Å². The summed E-state index contributed by atoms with van der Waals surface area (Å²) in [5.74, 6) is -1.06. The molecule has 1 rings (SSSR count). The third-order valence-corrected chi connectivity index (χ3v) is 1.87. The fourth-order valence-electron chi connectivity index (χ4n) is 1.18. The van der Waals surface area contributed by atoms with Crippen molar-refractivity contribution >= 4 is 12.4 Å². The number of carboxylic acids is 1. The predicted octanol–water partition coefficient (Wildman–Crippen LogP) is -0.406. The first-order chi connectivity index (χ1) is 6.11. The van der Waals surface area contributed by atoms with Gasteiger partial charge in [0.05, 0.1) is 12.0 Å². The first kappa shape index (κ1) is 11.9. The van der Waals surface area contributed by atoms with Gasteiger partial charge in [0, 0.05) is 7.05 Å². The zero-order chi connectivity index (χ0) is 10.3. The molecule has 2 atom stereocenters. The number of carbonyl (C=O) groups excluding carboxylic acids is 1. The fraction of sp³-hybridized carbons (Fsp3) is 0.750. The minimum Gasteiger partial charge on any atom is -0.481 e. The largest absolute Gasteiger partial charge is 0.481 e. The Balaban J connectivity index is 0.000000310. The van der Waals surface area contributed by atoms with Crippen molar-refractivity contribution in [3.8, 4) is 0 Å². The number of nitrogens with one attached hydrogen (secondary N) is 1. The summed E-state index contributed by atoms with van der Waals surface area (Å²) in [5.41, 5.74) is 0. The third-order valence-electron chi connectivity index (χ3n) is 1.87. The van der Waals surface area contributed by atoms with E-state index in [4.69, 9.17) is 15.0 Å². The van der Waals surface area contributed by atoms with Crippen molar-refractivity contribution < 1.29 is 19.8 Å². The number of rotatable bonds is 2. The molecule has 0 aromatic carbocycles. The van der Waals surface area contributed by atoms with E-state index in [1.54, 1.807) is 7.05 Å². The van der Waals surface area contributed by atoms with Crippen LogP contribution in [-0.2, 0) is 9.59 Å². The molecule has 0 aliphatic heterocycles. The molecule has 1 saturated carbocycles. The minimum atomic E-state index is -0.772. The summed E-state index contributed by atoms with van der Waals surface area (Å²) in [6.07, 6.45) is 1.98. The number of aliphatic hydroxyl groups excluding tert-OH is 1. The molecule has 1 fully saturated rings. The van der Waals surface area contributed by atoms with Crippen LogP contribution >= 0.6 is 0 Å². The summed E-state index contributed by atoms with van der Waals surface area (Å²) in [6.45, 7) is 0. The number of amides is 1. The van der Waals surface area contributed by atoms with Crippen molar-refractivity contribution in [2.75, 3.05) is 7.05 Å². The Hall–Kier alpha value is -1.10. The second-order valence-corrected chi connectivity index (χ2v) is 2.91. The summed E-state index contributed by atoms with van der Waals surface area (Å²) in [6, 6.07) is 0. The van der Waals surface area contributed by atoms with Gasteiger partial charge in [0.15, 0.2) is 0 Å². The van der Waals surface area contributed by atoms with Crippen molar-refractivity contribution in [1.29, 1.82) is 0 Å². The van der Waals surface area contributed by atoms with Crippen LogP contribution in [0.2, 0.25) is 0 Å². The normalized spacial score (nSPS) is 25.7. The lowest BCUT2D eigenvalue weighted by Crippen LogP contribution is -2.10. The number of aliphatic hydroxyl groups is 1. The Labute approximate surface area is 76.8 Å². The van der Waals surface area contributed by atoms with Crippen molar-refractivity contribution in [1.82, 2.24) is 5.32 Å². The van der Waals surface area contributed by atoms with Crippen molar-refractivity contribution in [3.63, 3.8) is 0 Å². The summed E-state index contributed by atoms with van der Waals surface area (Å²) in [5, 5.41) is 19.6. The molecule has 0 saturated heterocycles. The first-order valence-electron chi connectivity index (χ1n) is 4.13. The van der Waals surface area contributed by atoms with Gasteiger partial charge in [-0.25, -0.2) is 0 Å². The van der Waals surface area contributed by atoms with Crippen LogP contribution in [0.4, 0.5) is 0 Å². The summed E-state index contributed by atoms with van der Waals surface area (Å²) >= 11 is 0. The molecular weight excluding hydrogens is 174 g/mol. The van der Waals surface area contributed by atoms with E-state index in [1.807, 2.05) is 0 Å². The second-order valence-electron chi connectivity index (χ2n) is 2.91. The van der Waals surface area contributed by atoms with E-state index < -0.39 is 5.97 Å². The molecule has 5 nitrogen and oxygen atoms in total. The summed E-state index contributed by atoms with van der Waals surface area (Å²) in [7, 11) is 1.56. The van der Waals surface area contributed by atoms with Crippen molar-refractivity contribution in [2.45, 2.75) is 25.4 Å². The Morgan fingerprint density at radius 3 is 2.23 bits per heavy atom. The predicted molar refractivity (Wildman–Crippen MR) is 46.1 cm³/mol. The molecule has 0 aromatic rings. The van der Waals surface area contributed by atoms with E-state index in [0.717, 1.165) is 0 Å². The summed E-state index contributed by atoms with van der Waals surface area (Å²) in [4.78, 5) is 19.3. The molecule has 13 heavy (non-hydrogen) atoms. The van der Waals surface area contributed by atoms with Gasteiger partial charge in [-0.1, -0.05) is 0 Å². The lowest BCUT2D eigenvalue weighted by molar-refractivity contribution is -0.141. The molecule has 0 bridgehead atoms. The maximum atomic E-state index is 10.2. The van der Waals surface area contributed by atoms with Gasteiger partial charge in [0.2, 0.25) is 6.41 Å². The van der Waals surface area contributed by atoms with Gasteiger partial charge < -0.3 is 15.5 Å². The van der Waals surface area contributed by atoms with Crippen LogP contribution in [0.3, 0.4) is 0 Å². The van der Waals surface area contributed by atoms with E-state index in [2.05, 4.69) is 5.32 Å². The van der Waals surface area contributed by atoms with Crippen LogP contribution < -0.4 is 5.32 Å². The molecule has 0 aromatic heterocycles. The number of aliphatic carboxylic acids is 1. The standard InChI is InChI=1S/C6H10O3.C2H5NO/c7-5-2-1-4(3-5)6(8)9;1-3-2-4/h4-5,7H,1-3H2,(H,8,9);2H,1H3,(H,3,4)/t4-,5+;/m0./s1. The highest BCUT2D eigenvalue weighted by molar-refractivity contribution is 5.70. The van der Waals surface area contributed by atoms with Gasteiger partial charge >= 0.3 is 5.97 Å². The molecule has 0 unspecified atom stereocenters. The minimum absolute atomic E-state index is 0.292. The van der Waals surface area contributed by atoms with Crippen LogP contribution in [0.5, 0.6) is 0 Å². The maximum Gasteiger partial charge on any atom is 0.306 e. The second kappa shape index (κ2) is 6.42. The molecule has 1 aliphatic rings. The average Bonchev–Trinajstić information content (AvgIpc) is 2.52. The Morgan fingerprint density at radius 2 is 2.08 bits per heavy atom. The lowest BCUT2D eigenvalue weighted by Gasteiger charge is -1.99. The molecule has 1 amide bonds. The zero-order valence-corrected chi connectivity index (χ0v) is 7.56.